The molecular formula is C24H38O7. The molecule has 2 aliphatic rings. The molecule has 0 saturated carbocycles. The van der Waals surface area contributed by atoms with Crippen molar-refractivity contribution in [3.8, 4) is 0 Å². The van der Waals surface area contributed by atoms with E-state index in [2.05, 4.69) is 19.9 Å². The van der Waals surface area contributed by atoms with E-state index in [1.54, 1.807) is 0 Å². The van der Waals surface area contributed by atoms with Gasteiger partial charge in [-0.3, -0.25) is 9.59 Å². The van der Waals surface area contributed by atoms with Gasteiger partial charge in [-0.15, -0.1) is 0 Å². The SMILES string of the molecule is CCCCCC(=O)O[C@H]1C[C@H](O)C=C2C=C[C@H](C)[C@H](CC[C@@H](O)C[C@@H](O)CC(=O)O)[C@H]21. The summed E-state index contributed by atoms with van der Waals surface area (Å²) in [6, 6.07) is 0. The number of ether oxygens (including phenoxy) is 1. The van der Waals surface area contributed by atoms with Crippen molar-refractivity contribution in [1.82, 2.24) is 0 Å². The van der Waals surface area contributed by atoms with Gasteiger partial charge in [0.15, 0.2) is 0 Å². The number of allylic oxidation sites excluding steroid dienone is 2. The number of carbonyl (C=O) groups excluding carboxylic acids is 1. The third-order valence-corrected chi connectivity index (χ3v) is 6.43. The van der Waals surface area contributed by atoms with Crippen LogP contribution in [-0.4, -0.2) is 56.8 Å². The fourth-order valence-electron chi connectivity index (χ4n) is 4.84. The molecule has 7 atom stereocenters. The Morgan fingerprint density at radius 1 is 1.23 bits per heavy atom. The van der Waals surface area contributed by atoms with Crippen molar-refractivity contribution in [3.05, 3.63) is 23.8 Å². The molecule has 7 nitrogen and oxygen atoms in total. The summed E-state index contributed by atoms with van der Waals surface area (Å²) in [5.41, 5.74) is 0.966. The Balaban J connectivity index is 2.03. The molecular weight excluding hydrogens is 400 g/mol. The minimum atomic E-state index is -1.09. The van der Waals surface area contributed by atoms with Crippen molar-refractivity contribution >= 4 is 11.9 Å². The van der Waals surface area contributed by atoms with Gasteiger partial charge in [0.2, 0.25) is 0 Å². The van der Waals surface area contributed by atoms with Gasteiger partial charge >= 0.3 is 11.9 Å². The fraction of sp³-hybridized carbons (Fsp3) is 0.750. The Morgan fingerprint density at radius 3 is 2.65 bits per heavy atom. The third-order valence-electron chi connectivity index (χ3n) is 6.43. The van der Waals surface area contributed by atoms with E-state index >= 15 is 0 Å². The predicted molar refractivity (Wildman–Crippen MR) is 116 cm³/mol. The van der Waals surface area contributed by atoms with E-state index in [4.69, 9.17) is 9.84 Å². The van der Waals surface area contributed by atoms with Gasteiger partial charge in [-0.1, -0.05) is 44.9 Å². The zero-order chi connectivity index (χ0) is 23.0. The van der Waals surface area contributed by atoms with Crippen LogP contribution in [0.5, 0.6) is 0 Å². The Bertz CT molecular complexity index is 656. The lowest BCUT2D eigenvalue weighted by Crippen LogP contribution is -2.42. The number of hydrogen-bond donors (Lipinski definition) is 4. The van der Waals surface area contributed by atoms with Gasteiger partial charge < -0.3 is 25.2 Å². The second-order valence-electron chi connectivity index (χ2n) is 9.08. The Kier molecular flexibility index (Phi) is 10.2. The molecule has 7 heteroatoms. The highest BCUT2D eigenvalue weighted by Crippen LogP contribution is 2.44. The maximum Gasteiger partial charge on any atom is 0.306 e. The van der Waals surface area contributed by atoms with Crippen LogP contribution in [0, 0.1) is 17.8 Å². The van der Waals surface area contributed by atoms with Crippen LogP contribution in [0.1, 0.15) is 71.6 Å². The first-order valence-corrected chi connectivity index (χ1v) is 11.6. The molecule has 2 aliphatic carbocycles. The molecule has 0 fully saturated rings. The zero-order valence-corrected chi connectivity index (χ0v) is 18.7. The predicted octanol–water partition coefficient (Wildman–Crippen LogP) is 2.97. The summed E-state index contributed by atoms with van der Waals surface area (Å²) >= 11 is 0. The highest BCUT2D eigenvalue weighted by atomic mass is 16.5. The van der Waals surface area contributed by atoms with Crippen LogP contribution in [0.4, 0.5) is 0 Å². The quantitative estimate of drug-likeness (QED) is 0.273. The van der Waals surface area contributed by atoms with E-state index in [1.807, 2.05) is 12.2 Å². The maximum atomic E-state index is 12.4. The van der Waals surface area contributed by atoms with Gasteiger partial charge in [0, 0.05) is 18.8 Å². The van der Waals surface area contributed by atoms with Crippen molar-refractivity contribution in [3.63, 3.8) is 0 Å². The molecule has 0 aromatic rings. The first-order valence-electron chi connectivity index (χ1n) is 11.6. The number of carboxylic acid groups (broad SMARTS) is 1. The van der Waals surface area contributed by atoms with Crippen LogP contribution in [0.2, 0.25) is 0 Å². The van der Waals surface area contributed by atoms with E-state index in [1.165, 1.54) is 0 Å². The molecule has 0 radical (unpaired) electrons. The van der Waals surface area contributed by atoms with Gasteiger partial charge in [-0.2, -0.15) is 0 Å². The summed E-state index contributed by atoms with van der Waals surface area (Å²) in [4.78, 5) is 23.1. The van der Waals surface area contributed by atoms with E-state index in [-0.39, 0.29) is 36.6 Å². The Labute approximate surface area is 184 Å². The molecule has 0 heterocycles. The molecule has 0 aliphatic heterocycles. The first kappa shape index (κ1) is 25.6. The maximum absolute atomic E-state index is 12.4. The van der Waals surface area contributed by atoms with Gasteiger partial charge in [-0.05, 0) is 43.1 Å². The summed E-state index contributed by atoms with van der Waals surface area (Å²) in [6.45, 7) is 4.17. The summed E-state index contributed by atoms with van der Waals surface area (Å²) in [6.07, 6.45) is 7.21. The number of aliphatic hydroxyl groups is 3. The van der Waals surface area contributed by atoms with Gasteiger partial charge in [0.25, 0.3) is 0 Å². The third kappa shape index (κ3) is 8.05. The molecule has 0 amide bonds. The minimum absolute atomic E-state index is 0.0190. The van der Waals surface area contributed by atoms with Crippen LogP contribution in [0.3, 0.4) is 0 Å². The van der Waals surface area contributed by atoms with Crippen molar-refractivity contribution in [2.24, 2.45) is 17.8 Å². The van der Waals surface area contributed by atoms with Crippen LogP contribution in [0.25, 0.3) is 0 Å². The van der Waals surface area contributed by atoms with Crippen molar-refractivity contribution in [1.29, 1.82) is 0 Å². The standard InChI is InChI=1S/C24H38O7/c1-3-4-5-6-23(30)31-21-13-18(26)11-16-8-7-15(2)20(24(16)21)10-9-17(25)12-19(27)14-22(28)29/h7-8,11,15,17-21,24-27H,3-6,9-10,12-14H2,1-2H3,(H,28,29)/t15-,17+,18+,19+,20-,21-,24-/m0/s1. The molecule has 0 saturated heterocycles. The first-order chi connectivity index (χ1) is 14.7. The summed E-state index contributed by atoms with van der Waals surface area (Å²) in [5.74, 6) is -1.05. The number of fused-ring (bicyclic) bond motifs is 1. The highest BCUT2D eigenvalue weighted by Gasteiger charge is 2.41. The van der Waals surface area contributed by atoms with Crippen molar-refractivity contribution in [2.45, 2.75) is 96.1 Å². The number of esters is 1. The fourth-order valence-corrected chi connectivity index (χ4v) is 4.84. The molecule has 0 aromatic carbocycles. The lowest BCUT2D eigenvalue weighted by molar-refractivity contribution is -0.155. The number of carbonyl (C=O) groups is 2. The number of rotatable bonds is 12. The van der Waals surface area contributed by atoms with Crippen molar-refractivity contribution < 1.29 is 34.8 Å². The minimum Gasteiger partial charge on any atom is -0.481 e. The van der Waals surface area contributed by atoms with E-state index in [9.17, 15) is 24.9 Å². The summed E-state index contributed by atoms with van der Waals surface area (Å²) in [5, 5.41) is 39.1. The Hall–Kier alpha value is -1.70. The van der Waals surface area contributed by atoms with Crippen molar-refractivity contribution in [2.75, 3.05) is 0 Å². The Morgan fingerprint density at radius 2 is 1.97 bits per heavy atom. The van der Waals surface area contributed by atoms with Crippen LogP contribution >= 0.6 is 0 Å². The van der Waals surface area contributed by atoms with Crippen LogP contribution < -0.4 is 0 Å². The number of hydrogen-bond acceptors (Lipinski definition) is 6. The number of carboxylic acids is 1. The van der Waals surface area contributed by atoms with Crippen LogP contribution in [-0.2, 0) is 14.3 Å². The normalized spacial score (nSPS) is 29.6. The molecule has 0 aromatic heterocycles. The number of aliphatic hydroxyl groups excluding tert-OH is 3. The number of unbranched alkanes of at least 4 members (excludes halogenated alkanes) is 2. The molecule has 0 unspecified atom stereocenters. The smallest absolute Gasteiger partial charge is 0.306 e. The number of aliphatic carboxylic acids is 1. The second-order valence-corrected chi connectivity index (χ2v) is 9.08. The monoisotopic (exact) mass is 438 g/mol. The topological polar surface area (TPSA) is 124 Å². The van der Waals surface area contributed by atoms with Gasteiger partial charge in [0.05, 0.1) is 24.7 Å². The zero-order valence-electron chi connectivity index (χ0n) is 18.7. The molecule has 0 bridgehead atoms. The molecule has 176 valence electrons. The van der Waals surface area contributed by atoms with E-state index < -0.39 is 30.4 Å². The largest absolute Gasteiger partial charge is 0.481 e. The molecule has 2 rings (SSSR count). The lowest BCUT2D eigenvalue weighted by Gasteiger charge is -2.42. The summed E-state index contributed by atoms with van der Waals surface area (Å²) in [7, 11) is 0. The highest BCUT2D eigenvalue weighted by molar-refractivity contribution is 5.69. The second kappa shape index (κ2) is 12.4. The van der Waals surface area contributed by atoms with Gasteiger partial charge in [-0.25, -0.2) is 0 Å². The average molecular weight is 439 g/mol. The molecule has 0 spiro atoms. The van der Waals surface area contributed by atoms with Gasteiger partial charge in [0.1, 0.15) is 6.10 Å². The van der Waals surface area contributed by atoms with E-state index in [0.29, 0.717) is 25.7 Å². The lowest BCUT2D eigenvalue weighted by atomic mass is 9.66. The molecule has 4 N–H and O–H groups in total. The molecule has 31 heavy (non-hydrogen) atoms. The van der Waals surface area contributed by atoms with E-state index in [0.717, 1.165) is 24.8 Å². The van der Waals surface area contributed by atoms with Crippen LogP contribution in [0.15, 0.2) is 23.8 Å². The average Bonchev–Trinajstić information content (AvgIpc) is 2.66. The summed E-state index contributed by atoms with van der Waals surface area (Å²) < 4.78 is 5.83.